The molecule has 0 unspecified atom stereocenters. The number of nitrogens with zero attached hydrogens (tertiary/aromatic N) is 3. The van der Waals surface area contributed by atoms with E-state index in [0.717, 1.165) is 24.6 Å². The standard InChI is InChI=1S/C12H20N4/c1-11-5-6-12(15-14-11)13-7-10-16-8-3-2-4-9-16/h5-6H,2-4,7-10H2,1H3,(H,13,15). The van der Waals surface area contributed by atoms with E-state index in [0.29, 0.717) is 0 Å². The Balaban J connectivity index is 1.69. The van der Waals surface area contributed by atoms with Gasteiger partial charge in [-0.2, -0.15) is 5.10 Å². The second-order valence-corrected chi connectivity index (χ2v) is 4.39. The summed E-state index contributed by atoms with van der Waals surface area (Å²) in [6, 6.07) is 3.97. The van der Waals surface area contributed by atoms with Crippen molar-refractivity contribution in [2.75, 3.05) is 31.5 Å². The van der Waals surface area contributed by atoms with Gasteiger partial charge in [-0.15, -0.1) is 5.10 Å². The summed E-state index contributed by atoms with van der Waals surface area (Å²) in [7, 11) is 0. The van der Waals surface area contributed by atoms with Gasteiger partial charge in [-0.1, -0.05) is 6.42 Å². The van der Waals surface area contributed by atoms with Crippen LogP contribution in [-0.4, -0.2) is 41.3 Å². The van der Waals surface area contributed by atoms with Crippen molar-refractivity contribution in [2.45, 2.75) is 26.2 Å². The molecule has 2 rings (SSSR count). The van der Waals surface area contributed by atoms with Gasteiger partial charge in [0.1, 0.15) is 5.82 Å². The van der Waals surface area contributed by atoms with E-state index in [1.54, 1.807) is 0 Å². The first-order valence-corrected chi connectivity index (χ1v) is 6.11. The zero-order valence-electron chi connectivity index (χ0n) is 9.95. The molecular formula is C12H20N4. The molecule has 0 spiro atoms. The first-order chi connectivity index (χ1) is 7.84. The van der Waals surface area contributed by atoms with Crippen LogP contribution in [-0.2, 0) is 0 Å². The molecule has 1 saturated heterocycles. The first kappa shape index (κ1) is 11.3. The minimum absolute atomic E-state index is 0.877. The summed E-state index contributed by atoms with van der Waals surface area (Å²) in [4.78, 5) is 2.51. The number of aromatic nitrogens is 2. The maximum Gasteiger partial charge on any atom is 0.148 e. The van der Waals surface area contributed by atoms with Crippen LogP contribution in [0.15, 0.2) is 12.1 Å². The van der Waals surface area contributed by atoms with Gasteiger partial charge in [0.15, 0.2) is 0 Å². The number of anilines is 1. The van der Waals surface area contributed by atoms with Crippen LogP contribution in [0.3, 0.4) is 0 Å². The number of hydrogen-bond donors (Lipinski definition) is 1. The fraction of sp³-hybridized carbons (Fsp3) is 0.667. The summed E-state index contributed by atoms with van der Waals surface area (Å²) in [5.74, 6) is 0.877. The van der Waals surface area contributed by atoms with E-state index in [9.17, 15) is 0 Å². The fourth-order valence-corrected chi connectivity index (χ4v) is 2.02. The minimum Gasteiger partial charge on any atom is -0.367 e. The lowest BCUT2D eigenvalue weighted by Crippen LogP contribution is -2.33. The van der Waals surface area contributed by atoms with Crippen LogP contribution in [0.1, 0.15) is 25.0 Å². The minimum atomic E-state index is 0.877. The predicted octanol–water partition coefficient (Wildman–Crippen LogP) is 1.68. The maximum absolute atomic E-state index is 4.08. The number of nitrogens with one attached hydrogen (secondary N) is 1. The lowest BCUT2D eigenvalue weighted by molar-refractivity contribution is 0.237. The molecule has 0 aliphatic carbocycles. The van der Waals surface area contributed by atoms with Crippen LogP contribution in [0.5, 0.6) is 0 Å². The molecule has 0 atom stereocenters. The van der Waals surface area contributed by atoms with Crippen LogP contribution in [0.25, 0.3) is 0 Å². The Hall–Kier alpha value is -1.16. The van der Waals surface area contributed by atoms with Crippen molar-refractivity contribution >= 4 is 5.82 Å². The van der Waals surface area contributed by atoms with Crippen molar-refractivity contribution in [3.05, 3.63) is 17.8 Å². The normalized spacial score (nSPS) is 17.3. The van der Waals surface area contributed by atoms with E-state index in [-0.39, 0.29) is 0 Å². The highest BCUT2D eigenvalue weighted by Crippen LogP contribution is 2.08. The summed E-state index contributed by atoms with van der Waals surface area (Å²) >= 11 is 0. The molecule has 0 aromatic carbocycles. The van der Waals surface area contributed by atoms with Gasteiger partial charge in [-0.05, 0) is 45.0 Å². The van der Waals surface area contributed by atoms with Gasteiger partial charge in [0.25, 0.3) is 0 Å². The maximum atomic E-state index is 4.08. The van der Waals surface area contributed by atoms with E-state index in [2.05, 4.69) is 20.4 Å². The Morgan fingerprint density at radius 2 is 2.00 bits per heavy atom. The van der Waals surface area contributed by atoms with Crippen molar-refractivity contribution in [1.29, 1.82) is 0 Å². The van der Waals surface area contributed by atoms with Crippen molar-refractivity contribution in [1.82, 2.24) is 15.1 Å². The molecule has 16 heavy (non-hydrogen) atoms. The third kappa shape index (κ3) is 3.45. The van der Waals surface area contributed by atoms with Gasteiger partial charge < -0.3 is 10.2 Å². The van der Waals surface area contributed by atoms with Gasteiger partial charge in [0, 0.05) is 13.1 Å². The lowest BCUT2D eigenvalue weighted by Gasteiger charge is -2.26. The van der Waals surface area contributed by atoms with E-state index >= 15 is 0 Å². The number of hydrogen-bond acceptors (Lipinski definition) is 4. The topological polar surface area (TPSA) is 41.0 Å². The third-order valence-corrected chi connectivity index (χ3v) is 2.98. The average molecular weight is 220 g/mol. The second-order valence-electron chi connectivity index (χ2n) is 4.39. The van der Waals surface area contributed by atoms with Crippen LogP contribution < -0.4 is 5.32 Å². The van der Waals surface area contributed by atoms with Crippen molar-refractivity contribution < 1.29 is 0 Å². The monoisotopic (exact) mass is 220 g/mol. The van der Waals surface area contributed by atoms with Gasteiger partial charge in [-0.25, -0.2) is 0 Å². The summed E-state index contributed by atoms with van der Waals surface area (Å²) in [6.45, 7) is 6.51. The molecule has 1 N–H and O–H groups in total. The average Bonchev–Trinajstić information content (AvgIpc) is 2.33. The molecule has 1 aliphatic heterocycles. The zero-order chi connectivity index (χ0) is 11.2. The molecule has 0 saturated carbocycles. The number of aryl methyl sites for hydroxylation is 1. The second kappa shape index (κ2) is 5.80. The highest BCUT2D eigenvalue weighted by molar-refractivity contribution is 5.32. The molecule has 88 valence electrons. The van der Waals surface area contributed by atoms with E-state index < -0.39 is 0 Å². The predicted molar refractivity (Wildman–Crippen MR) is 65.5 cm³/mol. The fourth-order valence-electron chi connectivity index (χ4n) is 2.02. The Kier molecular flexibility index (Phi) is 4.10. The van der Waals surface area contributed by atoms with Crippen molar-refractivity contribution in [2.24, 2.45) is 0 Å². The molecule has 1 aliphatic rings. The van der Waals surface area contributed by atoms with Gasteiger partial charge in [-0.3, -0.25) is 0 Å². The molecule has 0 amide bonds. The Morgan fingerprint density at radius 1 is 1.19 bits per heavy atom. The Morgan fingerprint density at radius 3 is 2.69 bits per heavy atom. The molecule has 1 aromatic heterocycles. The third-order valence-electron chi connectivity index (χ3n) is 2.98. The SMILES string of the molecule is Cc1ccc(NCCN2CCCCC2)nn1. The van der Waals surface area contributed by atoms with Gasteiger partial charge in [0.05, 0.1) is 5.69 Å². The highest BCUT2D eigenvalue weighted by atomic mass is 15.2. The molecular weight excluding hydrogens is 200 g/mol. The molecule has 4 heteroatoms. The van der Waals surface area contributed by atoms with Crippen LogP contribution in [0, 0.1) is 6.92 Å². The highest BCUT2D eigenvalue weighted by Gasteiger charge is 2.08. The molecule has 0 bridgehead atoms. The summed E-state index contributed by atoms with van der Waals surface area (Å²) in [5, 5.41) is 11.4. The largest absolute Gasteiger partial charge is 0.367 e. The molecule has 1 fully saturated rings. The van der Waals surface area contributed by atoms with Gasteiger partial charge in [0.2, 0.25) is 0 Å². The quantitative estimate of drug-likeness (QED) is 0.838. The van der Waals surface area contributed by atoms with E-state index in [1.807, 2.05) is 19.1 Å². The summed E-state index contributed by atoms with van der Waals surface area (Å²) in [6.07, 6.45) is 4.10. The van der Waals surface area contributed by atoms with Crippen molar-refractivity contribution in [3.8, 4) is 0 Å². The molecule has 4 nitrogen and oxygen atoms in total. The van der Waals surface area contributed by atoms with Crippen LogP contribution in [0.2, 0.25) is 0 Å². The molecule has 2 heterocycles. The molecule has 1 aromatic rings. The smallest absolute Gasteiger partial charge is 0.148 e. The van der Waals surface area contributed by atoms with Crippen LogP contribution in [0.4, 0.5) is 5.82 Å². The summed E-state index contributed by atoms with van der Waals surface area (Å²) in [5.41, 5.74) is 0.960. The summed E-state index contributed by atoms with van der Waals surface area (Å²) < 4.78 is 0. The van der Waals surface area contributed by atoms with Gasteiger partial charge >= 0.3 is 0 Å². The van der Waals surface area contributed by atoms with E-state index in [1.165, 1.54) is 32.4 Å². The zero-order valence-corrected chi connectivity index (χ0v) is 9.95. The first-order valence-electron chi connectivity index (χ1n) is 6.11. The lowest BCUT2D eigenvalue weighted by atomic mass is 10.1. The van der Waals surface area contributed by atoms with Crippen molar-refractivity contribution in [3.63, 3.8) is 0 Å². The molecule has 0 radical (unpaired) electrons. The van der Waals surface area contributed by atoms with Crippen LogP contribution >= 0.6 is 0 Å². The Bertz CT molecular complexity index is 303. The van der Waals surface area contributed by atoms with E-state index in [4.69, 9.17) is 0 Å². The number of likely N-dealkylation sites (tertiary alicyclic amines) is 1. The number of rotatable bonds is 4. The number of piperidine rings is 1. The Labute approximate surface area is 97.1 Å².